The van der Waals surface area contributed by atoms with Crippen LogP contribution in [0, 0.1) is 10.8 Å². The number of nitrogens with two attached hydrogens (primary N) is 2. The van der Waals surface area contributed by atoms with E-state index in [1.165, 1.54) is 96.3 Å². The summed E-state index contributed by atoms with van der Waals surface area (Å²) in [7, 11) is 0. The van der Waals surface area contributed by atoms with Gasteiger partial charge in [0, 0.05) is 18.9 Å². The Hall–Kier alpha value is 1.38. The lowest BCUT2D eigenvalue weighted by Crippen LogP contribution is -2.64. The van der Waals surface area contributed by atoms with Crippen LogP contribution in [-0.2, 0) is 0 Å². The first-order chi connectivity index (χ1) is 13.7. The molecular formula is C25H48I2N2. The third-order valence-corrected chi connectivity index (χ3v) is 13.6. The molecule has 2 nitrogen and oxygen atoms in total. The molecule has 4 heteroatoms. The number of rotatable bonds is 10. The van der Waals surface area contributed by atoms with Gasteiger partial charge < -0.3 is 11.5 Å². The summed E-state index contributed by atoms with van der Waals surface area (Å²) in [5.74, 6) is 0. The van der Waals surface area contributed by atoms with E-state index in [1.54, 1.807) is 0 Å². The minimum absolute atomic E-state index is 0.236. The molecule has 0 saturated heterocycles. The van der Waals surface area contributed by atoms with Crippen LogP contribution in [0.25, 0.3) is 0 Å². The van der Waals surface area contributed by atoms with Crippen LogP contribution in [0.5, 0.6) is 0 Å². The molecule has 6 unspecified atom stereocenters. The molecule has 2 aliphatic carbocycles. The Kier molecular flexibility index (Phi) is 10.1. The predicted octanol–water partition coefficient (Wildman–Crippen LogP) is 7.92. The van der Waals surface area contributed by atoms with Crippen LogP contribution in [0.3, 0.4) is 0 Å². The van der Waals surface area contributed by atoms with E-state index in [4.69, 9.17) is 11.5 Å². The number of alkyl halides is 2. The van der Waals surface area contributed by atoms with Crippen LogP contribution in [-0.4, -0.2) is 18.9 Å². The molecule has 0 aromatic heterocycles. The van der Waals surface area contributed by atoms with E-state index in [0.29, 0.717) is 22.9 Å². The molecule has 0 heterocycles. The molecule has 0 aliphatic heterocycles. The fraction of sp³-hybridized carbons (Fsp3) is 1.00. The van der Waals surface area contributed by atoms with Crippen molar-refractivity contribution in [2.45, 2.75) is 143 Å². The number of hydrogen-bond donors (Lipinski definition) is 2. The highest BCUT2D eigenvalue weighted by Crippen LogP contribution is 2.66. The van der Waals surface area contributed by atoms with Gasteiger partial charge in [-0.2, -0.15) is 0 Å². The molecule has 2 fully saturated rings. The normalized spacial score (nSPS) is 43.4. The molecule has 2 saturated carbocycles. The van der Waals surface area contributed by atoms with Gasteiger partial charge in [0.1, 0.15) is 0 Å². The Morgan fingerprint density at radius 2 is 1.00 bits per heavy atom. The molecule has 6 atom stereocenters. The average molecular weight is 630 g/mol. The van der Waals surface area contributed by atoms with E-state index in [1.807, 2.05) is 0 Å². The van der Waals surface area contributed by atoms with Crippen molar-refractivity contribution in [3.63, 3.8) is 0 Å². The summed E-state index contributed by atoms with van der Waals surface area (Å²) in [6.45, 7) is 9.51. The summed E-state index contributed by atoms with van der Waals surface area (Å²) in [6, 6.07) is 0.683. The lowest BCUT2D eigenvalue weighted by atomic mass is 9.49. The first-order valence-electron chi connectivity index (χ1n) is 12.6. The molecule has 2 rings (SSSR count). The predicted molar refractivity (Wildman–Crippen MR) is 146 cm³/mol. The van der Waals surface area contributed by atoms with Crippen molar-refractivity contribution >= 4 is 45.2 Å². The zero-order valence-corrected chi connectivity index (χ0v) is 24.0. The summed E-state index contributed by atoms with van der Waals surface area (Å²) in [6.07, 6.45) is 19.4. The van der Waals surface area contributed by atoms with Crippen LogP contribution in [0.15, 0.2) is 0 Å². The molecule has 29 heavy (non-hydrogen) atoms. The highest BCUT2D eigenvalue weighted by molar-refractivity contribution is 14.1. The van der Waals surface area contributed by atoms with E-state index < -0.39 is 0 Å². The zero-order valence-electron chi connectivity index (χ0n) is 19.7. The smallest absolute Gasteiger partial charge is 0.0429 e. The van der Waals surface area contributed by atoms with Gasteiger partial charge in [-0.05, 0) is 68.6 Å². The lowest BCUT2D eigenvalue weighted by molar-refractivity contribution is -0.0142. The van der Waals surface area contributed by atoms with Gasteiger partial charge in [-0.15, -0.1) is 0 Å². The maximum absolute atomic E-state index is 6.95. The van der Waals surface area contributed by atoms with Crippen molar-refractivity contribution < 1.29 is 0 Å². The summed E-state index contributed by atoms with van der Waals surface area (Å²) < 4.78 is 0.472. The second-order valence-corrected chi connectivity index (χ2v) is 14.3. The maximum atomic E-state index is 6.95. The molecule has 0 radical (unpaired) electrons. The fourth-order valence-corrected chi connectivity index (χ4v) is 10.7. The number of hydrogen-bond acceptors (Lipinski definition) is 2. The van der Waals surface area contributed by atoms with Crippen molar-refractivity contribution in [3.8, 4) is 0 Å². The molecule has 0 spiro atoms. The van der Waals surface area contributed by atoms with Crippen molar-refractivity contribution in [1.29, 1.82) is 0 Å². The molecular weight excluding hydrogens is 582 g/mol. The second kappa shape index (κ2) is 11.0. The van der Waals surface area contributed by atoms with E-state index in [2.05, 4.69) is 72.9 Å². The first-order valence-corrected chi connectivity index (χ1v) is 14.8. The van der Waals surface area contributed by atoms with E-state index in [0.717, 1.165) is 0 Å². The van der Waals surface area contributed by atoms with Gasteiger partial charge >= 0.3 is 0 Å². The monoisotopic (exact) mass is 630 g/mol. The topological polar surface area (TPSA) is 52.0 Å². The van der Waals surface area contributed by atoms with Crippen molar-refractivity contribution in [1.82, 2.24) is 0 Å². The van der Waals surface area contributed by atoms with Crippen LogP contribution in [0.1, 0.15) is 124 Å². The average Bonchev–Trinajstić information content (AvgIpc) is 2.66. The zero-order chi connectivity index (χ0) is 21.8. The third kappa shape index (κ3) is 4.85. The molecule has 0 bridgehead atoms. The van der Waals surface area contributed by atoms with Gasteiger partial charge in [-0.3, -0.25) is 0 Å². The molecule has 2 aliphatic rings. The third-order valence-electron chi connectivity index (χ3n) is 8.64. The Morgan fingerprint density at radius 3 is 1.31 bits per heavy atom. The van der Waals surface area contributed by atoms with Crippen molar-refractivity contribution in [3.05, 3.63) is 0 Å². The Bertz CT molecular complexity index is 463. The van der Waals surface area contributed by atoms with Gasteiger partial charge in [0.25, 0.3) is 0 Å². The Labute approximate surface area is 209 Å². The van der Waals surface area contributed by atoms with Gasteiger partial charge in [0.2, 0.25) is 0 Å². The standard InChI is InChI=1S/C25H48I2N2/c1-5-13-22(17-9-11-20(28)24(22,26)15-7-3)19-23(14-6-2)18-10-12-21(29)25(23,27)16-8-4/h20-21H,5-19,28-29H2,1-4H3. The highest BCUT2D eigenvalue weighted by atomic mass is 127. The first kappa shape index (κ1) is 26.6. The molecule has 4 N–H and O–H groups in total. The molecule has 0 aromatic carbocycles. The van der Waals surface area contributed by atoms with E-state index in [-0.39, 0.29) is 6.84 Å². The van der Waals surface area contributed by atoms with Crippen LogP contribution in [0.2, 0.25) is 0 Å². The Morgan fingerprint density at radius 1 is 0.655 bits per heavy atom. The lowest BCUT2D eigenvalue weighted by Gasteiger charge is -2.62. The molecule has 172 valence electrons. The van der Waals surface area contributed by atoms with Gasteiger partial charge in [0.15, 0.2) is 0 Å². The van der Waals surface area contributed by atoms with Crippen LogP contribution >= 0.6 is 45.2 Å². The van der Waals surface area contributed by atoms with Gasteiger partial charge in [0.05, 0.1) is 0 Å². The maximum Gasteiger partial charge on any atom is 0.0429 e. The van der Waals surface area contributed by atoms with Crippen LogP contribution in [0.4, 0.5) is 0 Å². The minimum Gasteiger partial charge on any atom is -0.326 e. The van der Waals surface area contributed by atoms with Crippen LogP contribution < -0.4 is 11.5 Å². The minimum atomic E-state index is 0.236. The summed E-state index contributed by atoms with van der Waals surface area (Å²) in [5, 5.41) is 0. The largest absolute Gasteiger partial charge is 0.326 e. The summed E-state index contributed by atoms with van der Waals surface area (Å²) in [5.41, 5.74) is 14.6. The Balaban J connectivity index is 2.58. The number of halogens is 2. The summed E-state index contributed by atoms with van der Waals surface area (Å²) >= 11 is 5.73. The van der Waals surface area contributed by atoms with E-state index >= 15 is 0 Å². The molecule has 0 aromatic rings. The van der Waals surface area contributed by atoms with Gasteiger partial charge in [-0.25, -0.2) is 0 Å². The SMILES string of the molecule is CCCC1(CC2(CCC)CCCC(N)C2(I)CCC)CCCC(N)C1(I)CCC. The van der Waals surface area contributed by atoms with Crippen molar-refractivity contribution in [2.24, 2.45) is 22.3 Å². The second-order valence-electron chi connectivity index (χ2n) is 10.5. The van der Waals surface area contributed by atoms with Crippen molar-refractivity contribution in [2.75, 3.05) is 0 Å². The summed E-state index contributed by atoms with van der Waals surface area (Å²) in [4.78, 5) is 0. The fourth-order valence-electron chi connectivity index (χ4n) is 7.53. The molecule has 0 amide bonds. The van der Waals surface area contributed by atoms with Gasteiger partial charge in [-0.1, -0.05) is 111 Å². The van der Waals surface area contributed by atoms with E-state index in [9.17, 15) is 0 Å². The quantitative estimate of drug-likeness (QED) is 0.190. The highest BCUT2D eigenvalue weighted by Gasteiger charge is 2.61.